The molecule has 1 amide bonds. The summed E-state index contributed by atoms with van der Waals surface area (Å²) in [5.74, 6) is 0.576. The first-order chi connectivity index (χ1) is 17.0. The van der Waals surface area contributed by atoms with E-state index in [1.165, 1.54) is 11.3 Å². The average molecular weight is 480 g/mol. The molecule has 0 bridgehead atoms. The maximum Gasteiger partial charge on any atom is 0.267 e. The average Bonchev–Trinajstić information content (AvgIpc) is 3.22. The number of aryl methyl sites for hydroxylation is 1. The quantitative estimate of drug-likeness (QED) is 0.271. The Hall–Kier alpha value is -4.16. The second-order valence-electron chi connectivity index (χ2n) is 8.22. The van der Waals surface area contributed by atoms with Gasteiger partial charge in [-0.05, 0) is 67.4 Å². The van der Waals surface area contributed by atoms with Crippen LogP contribution in [0.1, 0.15) is 22.2 Å². The maximum absolute atomic E-state index is 13.2. The summed E-state index contributed by atoms with van der Waals surface area (Å²) in [5.41, 5.74) is 12.6. The van der Waals surface area contributed by atoms with Gasteiger partial charge in [0.15, 0.2) is 0 Å². The van der Waals surface area contributed by atoms with Crippen LogP contribution in [0.15, 0.2) is 84.9 Å². The van der Waals surface area contributed by atoms with Crippen molar-refractivity contribution in [1.82, 2.24) is 4.98 Å². The first-order valence-corrected chi connectivity index (χ1v) is 12.2. The van der Waals surface area contributed by atoms with E-state index in [4.69, 9.17) is 15.5 Å². The van der Waals surface area contributed by atoms with Crippen molar-refractivity contribution in [3.63, 3.8) is 0 Å². The van der Waals surface area contributed by atoms with Gasteiger partial charge in [0.05, 0.1) is 18.0 Å². The highest BCUT2D eigenvalue weighted by Crippen LogP contribution is 2.41. The number of pyridine rings is 1. The van der Waals surface area contributed by atoms with E-state index < -0.39 is 0 Å². The summed E-state index contributed by atoms with van der Waals surface area (Å²) in [6.07, 6.45) is 0. The van der Waals surface area contributed by atoms with Crippen LogP contribution in [0.5, 0.6) is 5.75 Å². The SMILES string of the molecule is CCOc1ccc(-c2cc(-c3ccccc3)c3c(N)c(C(=O)Nc4ccc(C)cc4)sc3n2)cc1. The van der Waals surface area contributed by atoms with Crippen molar-refractivity contribution in [3.8, 4) is 28.1 Å². The van der Waals surface area contributed by atoms with Gasteiger partial charge in [0.2, 0.25) is 0 Å². The fourth-order valence-corrected chi connectivity index (χ4v) is 5.01. The molecular formula is C29H25N3O2S. The zero-order valence-electron chi connectivity index (χ0n) is 19.5. The number of rotatable bonds is 6. The summed E-state index contributed by atoms with van der Waals surface area (Å²) in [6, 6.07) is 27.6. The van der Waals surface area contributed by atoms with Gasteiger partial charge < -0.3 is 15.8 Å². The van der Waals surface area contributed by atoms with Crippen molar-refractivity contribution in [1.29, 1.82) is 0 Å². The van der Waals surface area contributed by atoms with E-state index in [0.29, 0.717) is 17.2 Å². The molecule has 5 rings (SSSR count). The van der Waals surface area contributed by atoms with E-state index in [1.807, 2.05) is 98.8 Å². The summed E-state index contributed by atoms with van der Waals surface area (Å²) in [4.78, 5) is 19.3. The second-order valence-corrected chi connectivity index (χ2v) is 9.22. The van der Waals surface area contributed by atoms with Crippen LogP contribution >= 0.6 is 11.3 Å². The molecule has 0 aliphatic rings. The van der Waals surface area contributed by atoms with Crippen LogP contribution in [0.2, 0.25) is 0 Å². The lowest BCUT2D eigenvalue weighted by atomic mass is 9.99. The number of carbonyl (C=O) groups is 1. The zero-order chi connectivity index (χ0) is 24.4. The molecule has 174 valence electrons. The van der Waals surface area contributed by atoms with Crippen molar-refractivity contribution < 1.29 is 9.53 Å². The number of amides is 1. The predicted octanol–water partition coefficient (Wildman–Crippen LogP) is 7.17. The van der Waals surface area contributed by atoms with Crippen LogP contribution in [-0.2, 0) is 0 Å². The fourth-order valence-electron chi connectivity index (χ4n) is 4.00. The highest BCUT2D eigenvalue weighted by Gasteiger charge is 2.22. The van der Waals surface area contributed by atoms with Crippen LogP contribution in [0.25, 0.3) is 32.6 Å². The highest BCUT2D eigenvalue weighted by atomic mass is 32.1. The lowest BCUT2D eigenvalue weighted by molar-refractivity contribution is 0.103. The topological polar surface area (TPSA) is 77.2 Å². The number of aromatic nitrogens is 1. The summed E-state index contributed by atoms with van der Waals surface area (Å²) in [5, 5.41) is 3.76. The third-order valence-electron chi connectivity index (χ3n) is 5.76. The number of carbonyl (C=O) groups excluding carboxylic acids is 1. The molecule has 2 heterocycles. The van der Waals surface area contributed by atoms with Gasteiger partial charge in [-0.1, -0.05) is 48.0 Å². The number of nitrogen functional groups attached to an aromatic ring is 1. The number of nitrogens with one attached hydrogen (secondary N) is 1. The number of ether oxygens (including phenoxy) is 1. The molecule has 3 aromatic carbocycles. The summed E-state index contributed by atoms with van der Waals surface area (Å²) < 4.78 is 5.58. The minimum Gasteiger partial charge on any atom is -0.494 e. The third kappa shape index (κ3) is 4.61. The summed E-state index contributed by atoms with van der Waals surface area (Å²) in [6.45, 7) is 4.58. The molecule has 5 aromatic rings. The number of hydrogen-bond acceptors (Lipinski definition) is 5. The molecule has 0 aliphatic heterocycles. The van der Waals surface area contributed by atoms with Crippen LogP contribution < -0.4 is 15.8 Å². The van der Waals surface area contributed by atoms with Gasteiger partial charge >= 0.3 is 0 Å². The maximum atomic E-state index is 13.2. The van der Waals surface area contributed by atoms with Crippen LogP contribution in [-0.4, -0.2) is 17.5 Å². The monoisotopic (exact) mass is 479 g/mol. The lowest BCUT2D eigenvalue weighted by Gasteiger charge is -2.10. The summed E-state index contributed by atoms with van der Waals surface area (Å²) >= 11 is 1.31. The van der Waals surface area contributed by atoms with Crippen molar-refractivity contribution in [2.24, 2.45) is 0 Å². The van der Waals surface area contributed by atoms with Crippen molar-refractivity contribution in [3.05, 3.63) is 95.4 Å². The van der Waals surface area contributed by atoms with Gasteiger partial charge in [-0.25, -0.2) is 4.98 Å². The van der Waals surface area contributed by atoms with E-state index >= 15 is 0 Å². The van der Waals surface area contributed by atoms with E-state index in [2.05, 4.69) is 5.32 Å². The van der Waals surface area contributed by atoms with Crippen molar-refractivity contribution in [2.45, 2.75) is 13.8 Å². The Balaban J connectivity index is 1.62. The fraction of sp³-hybridized carbons (Fsp3) is 0.103. The largest absolute Gasteiger partial charge is 0.494 e. The van der Waals surface area contributed by atoms with Gasteiger partial charge in [0.1, 0.15) is 15.5 Å². The number of fused-ring (bicyclic) bond motifs is 1. The molecule has 0 spiro atoms. The standard InChI is InChI=1S/C29H25N3O2S/c1-3-34-22-15-11-20(12-16-22)24-17-23(19-7-5-4-6-8-19)25-26(30)27(35-29(25)32-24)28(33)31-21-13-9-18(2)10-14-21/h4-17H,3,30H2,1-2H3,(H,31,33). The first-order valence-electron chi connectivity index (χ1n) is 11.4. The molecule has 0 atom stereocenters. The molecule has 0 radical (unpaired) electrons. The van der Waals surface area contributed by atoms with Crippen LogP contribution in [0, 0.1) is 6.92 Å². The van der Waals surface area contributed by atoms with Gasteiger partial charge in [-0.3, -0.25) is 4.79 Å². The molecule has 3 N–H and O–H groups in total. The molecule has 6 heteroatoms. The number of thiophene rings is 1. The van der Waals surface area contributed by atoms with E-state index in [1.54, 1.807) is 0 Å². The van der Waals surface area contributed by atoms with Gasteiger partial charge in [-0.2, -0.15) is 0 Å². The molecular weight excluding hydrogens is 454 g/mol. The molecule has 0 unspecified atom stereocenters. The molecule has 0 aliphatic carbocycles. The Morgan fingerprint density at radius 2 is 1.69 bits per heavy atom. The molecule has 0 saturated carbocycles. The highest BCUT2D eigenvalue weighted by molar-refractivity contribution is 7.21. The number of hydrogen-bond donors (Lipinski definition) is 2. The van der Waals surface area contributed by atoms with Crippen molar-refractivity contribution >= 4 is 38.8 Å². The Morgan fingerprint density at radius 1 is 0.971 bits per heavy atom. The number of benzene rings is 3. The Morgan fingerprint density at radius 3 is 2.37 bits per heavy atom. The van der Waals surface area contributed by atoms with Gasteiger partial charge in [0.25, 0.3) is 5.91 Å². The second kappa shape index (κ2) is 9.60. The molecule has 35 heavy (non-hydrogen) atoms. The van der Waals surface area contributed by atoms with E-state index in [9.17, 15) is 4.79 Å². The molecule has 2 aromatic heterocycles. The lowest BCUT2D eigenvalue weighted by Crippen LogP contribution is -2.11. The first kappa shape index (κ1) is 22.6. The normalized spacial score (nSPS) is 10.9. The number of anilines is 2. The number of nitrogens with zero attached hydrogens (tertiary/aromatic N) is 1. The molecule has 0 fully saturated rings. The van der Waals surface area contributed by atoms with Gasteiger partial charge in [0, 0.05) is 16.6 Å². The van der Waals surface area contributed by atoms with E-state index in [0.717, 1.165) is 49.6 Å². The molecule has 5 nitrogen and oxygen atoms in total. The Labute approximate surface area is 208 Å². The van der Waals surface area contributed by atoms with Crippen molar-refractivity contribution in [2.75, 3.05) is 17.7 Å². The minimum atomic E-state index is -0.240. The molecule has 0 saturated heterocycles. The third-order valence-corrected chi connectivity index (χ3v) is 6.86. The minimum absolute atomic E-state index is 0.240. The Kier molecular flexibility index (Phi) is 6.21. The van der Waals surface area contributed by atoms with Gasteiger partial charge in [-0.15, -0.1) is 11.3 Å². The van der Waals surface area contributed by atoms with E-state index in [-0.39, 0.29) is 5.91 Å². The Bertz CT molecular complexity index is 1490. The summed E-state index contributed by atoms with van der Waals surface area (Å²) in [7, 11) is 0. The zero-order valence-corrected chi connectivity index (χ0v) is 20.4. The smallest absolute Gasteiger partial charge is 0.267 e. The number of nitrogens with two attached hydrogens (primary N) is 1. The predicted molar refractivity (Wildman–Crippen MR) is 145 cm³/mol. The van der Waals surface area contributed by atoms with Crippen LogP contribution in [0.4, 0.5) is 11.4 Å². The van der Waals surface area contributed by atoms with Crippen LogP contribution in [0.3, 0.4) is 0 Å².